The van der Waals surface area contributed by atoms with Crippen molar-refractivity contribution in [1.29, 1.82) is 0 Å². The van der Waals surface area contributed by atoms with Crippen LogP contribution in [0.1, 0.15) is 42.1 Å². The number of aromatic nitrogens is 1. The Labute approximate surface area is 284 Å². The van der Waals surface area contributed by atoms with E-state index in [4.69, 9.17) is 14.2 Å². The molecule has 0 saturated carbocycles. The monoisotopic (exact) mass is 803 g/mol. The van der Waals surface area contributed by atoms with E-state index in [0.717, 1.165) is 24.9 Å². The smallest absolute Gasteiger partial charge is 0.338 e. The molecule has 2 heterocycles. The van der Waals surface area contributed by atoms with E-state index in [-0.39, 0.29) is 17.9 Å². The fraction of sp³-hybridized carbons (Fsp3) is 0.219. The van der Waals surface area contributed by atoms with Crippen molar-refractivity contribution in [2.75, 3.05) is 13.7 Å². The van der Waals surface area contributed by atoms with Crippen LogP contribution in [-0.2, 0) is 16.1 Å². The van der Waals surface area contributed by atoms with Crippen molar-refractivity contribution in [3.05, 3.63) is 126 Å². The molecule has 0 N–H and O–H groups in total. The molecule has 1 aromatic heterocycles. The number of carbonyl (C=O) groups is 1. The van der Waals surface area contributed by atoms with Crippen molar-refractivity contribution >= 4 is 67.6 Å². The summed E-state index contributed by atoms with van der Waals surface area (Å²) in [6.45, 7) is 5.44. The third-order valence-corrected chi connectivity index (χ3v) is 9.42. The number of carbonyl (C=O) groups excluding carboxylic acids is 1. The molecule has 232 valence electrons. The van der Waals surface area contributed by atoms with Gasteiger partial charge < -0.3 is 14.2 Å². The lowest BCUT2D eigenvalue weighted by molar-refractivity contribution is -0.385. The summed E-state index contributed by atoms with van der Waals surface area (Å²) in [5.41, 5.74) is 2.56. The molecule has 0 aliphatic carbocycles. The zero-order chi connectivity index (χ0) is 32.4. The second-order valence-electron chi connectivity index (χ2n) is 10.1. The number of rotatable bonds is 9. The number of hydrogen-bond acceptors (Lipinski definition) is 9. The van der Waals surface area contributed by atoms with Gasteiger partial charge in [-0.25, -0.2) is 9.79 Å². The normalized spacial score (nSPS) is 14.5. The molecule has 1 aliphatic rings. The molecular formula is C32H27BrIN3O7S. The molecule has 0 saturated heterocycles. The maximum atomic E-state index is 14.0. The van der Waals surface area contributed by atoms with Crippen LogP contribution in [0.15, 0.2) is 80.1 Å². The van der Waals surface area contributed by atoms with E-state index in [1.807, 2.05) is 30.3 Å². The molecule has 0 fully saturated rings. The largest absolute Gasteiger partial charge is 0.493 e. The fourth-order valence-corrected chi connectivity index (χ4v) is 7.04. The molecule has 0 unspecified atom stereocenters. The second-order valence-corrected chi connectivity index (χ2v) is 13.1. The number of ether oxygens (including phenoxy) is 3. The standard InChI is InChI=1S/C32H27BrIN3O7S/c1-5-43-31(39)27-18(3)35-32-36(28(27)21-9-6-17(2)24(15-21)37(40)41)30(38)26(45-32)14-20-12-23(34)29(25(13-20)42-4)44-16-19-7-10-22(33)11-8-19/h6-15,28H,5,16H2,1-4H3/b26-14+/t28-/m1/s1. The summed E-state index contributed by atoms with van der Waals surface area (Å²) in [6.07, 6.45) is 1.73. The Morgan fingerprint density at radius 1 is 1.18 bits per heavy atom. The van der Waals surface area contributed by atoms with Crippen LogP contribution in [0.4, 0.5) is 5.69 Å². The fourth-order valence-electron chi connectivity index (χ4n) is 4.95. The van der Waals surface area contributed by atoms with Crippen molar-refractivity contribution in [3.63, 3.8) is 0 Å². The van der Waals surface area contributed by atoms with Gasteiger partial charge in [-0.15, -0.1) is 0 Å². The van der Waals surface area contributed by atoms with Crippen LogP contribution in [0, 0.1) is 20.6 Å². The number of thiazole rings is 1. The summed E-state index contributed by atoms with van der Waals surface area (Å²) >= 11 is 6.77. The lowest BCUT2D eigenvalue weighted by Gasteiger charge is -2.24. The van der Waals surface area contributed by atoms with Crippen LogP contribution in [0.3, 0.4) is 0 Å². The maximum absolute atomic E-state index is 14.0. The van der Waals surface area contributed by atoms with Gasteiger partial charge in [-0.1, -0.05) is 51.5 Å². The van der Waals surface area contributed by atoms with E-state index in [0.29, 0.717) is 49.8 Å². The van der Waals surface area contributed by atoms with Crippen molar-refractivity contribution in [1.82, 2.24) is 4.57 Å². The molecule has 5 rings (SSSR count). The lowest BCUT2D eigenvalue weighted by Crippen LogP contribution is -2.40. The second kappa shape index (κ2) is 13.7. The predicted octanol–water partition coefficient (Wildman–Crippen LogP) is 5.97. The van der Waals surface area contributed by atoms with Gasteiger partial charge in [0.25, 0.3) is 11.2 Å². The van der Waals surface area contributed by atoms with E-state index >= 15 is 0 Å². The van der Waals surface area contributed by atoms with Gasteiger partial charge in [0, 0.05) is 16.1 Å². The van der Waals surface area contributed by atoms with Crippen LogP contribution >= 0.6 is 49.9 Å². The van der Waals surface area contributed by atoms with E-state index < -0.39 is 22.5 Å². The topological polar surface area (TPSA) is 122 Å². The molecule has 45 heavy (non-hydrogen) atoms. The van der Waals surface area contributed by atoms with Gasteiger partial charge in [-0.05, 0) is 90.4 Å². The first-order valence-corrected chi connectivity index (χ1v) is 16.4. The minimum atomic E-state index is -0.967. The van der Waals surface area contributed by atoms with E-state index in [1.54, 1.807) is 52.2 Å². The number of allylic oxidation sites excluding steroid dienone is 1. The highest BCUT2D eigenvalue weighted by Gasteiger charge is 2.34. The molecule has 1 aliphatic heterocycles. The molecule has 13 heteroatoms. The summed E-state index contributed by atoms with van der Waals surface area (Å²) in [5, 5.41) is 11.8. The summed E-state index contributed by atoms with van der Waals surface area (Å²) < 4.78 is 20.6. The first-order valence-electron chi connectivity index (χ1n) is 13.7. The Kier molecular flexibility index (Phi) is 9.89. The summed E-state index contributed by atoms with van der Waals surface area (Å²) in [5.74, 6) is 0.442. The molecule has 0 bridgehead atoms. The van der Waals surface area contributed by atoms with Crippen LogP contribution in [0.5, 0.6) is 11.5 Å². The summed E-state index contributed by atoms with van der Waals surface area (Å²) in [6, 6.07) is 15.2. The number of hydrogen-bond donors (Lipinski definition) is 0. The van der Waals surface area contributed by atoms with Gasteiger partial charge in [0.1, 0.15) is 6.61 Å². The van der Waals surface area contributed by atoms with E-state index in [9.17, 15) is 19.7 Å². The number of nitro benzene ring substituents is 1. The molecule has 0 spiro atoms. The van der Waals surface area contributed by atoms with Gasteiger partial charge in [-0.2, -0.15) is 0 Å². The van der Waals surface area contributed by atoms with Crippen LogP contribution in [-0.4, -0.2) is 29.2 Å². The number of methoxy groups -OCH3 is 1. The van der Waals surface area contributed by atoms with Crippen molar-refractivity contribution in [2.24, 2.45) is 4.99 Å². The molecule has 0 amide bonds. The van der Waals surface area contributed by atoms with Gasteiger partial charge in [0.15, 0.2) is 16.3 Å². The SMILES string of the molecule is CCOC(=O)C1=C(C)N=c2s/c(=C/c3cc(I)c(OCc4ccc(Br)cc4)c(OC)c3)c(=O)n2[C@@H]1c1ccc(C)c([N+](=O)[O-])c1. The average molecular weight is 804 g/mol. The Bertz CT molecular complexity index is 2040. The number of halogens is 2. The van der Waals surface area contributed by atoms with Crippen LogP contribution in [0.2, 0.25) is 0 Å². The van der Waals surface area contributed by atoms with Gasteiger partial charge >= 0.3 is 5.97 Å². The molecule has 1 atom stereocenters. The lowest BCUT2D eigenvalue weighted by atomic mass is 9.94. The van der Waals surface area contributed by atoms with Crippen molar-refractivity contribution in [2.45, 2.75) is 33.4 Å². The van der Waals surface area contributed by atoms with E-state index in [1.165, 1.54) is 10.6 Å². The molecule has 3 aromatic carbocycles. The number of aryl methyl sites for hydroxylation is 1. The maximum Gasteiger partial charge on any atom is 0.338 e. The highest BCUT2D eigenvalue weighted by atomic mass is 127. The minimum absolute atomic E-state index is 0.114. The zero-order valence-corrected chi connectivity index (χ0v) is 29.2. The van der Waals surface area contributed by atoms with Crippen LogP contribution in [0.25, 0.3) is 6.08 Å². The molecule has 10 nitrogen and oxygen atoms in total. The molecular weight excluding hydrogens is 777 g/mol. The number of nitrogens with zero attached hydrogens (tertiary/aromatic N) is 3. The summed E-state index contributed by atoms with van der Waals surface area (Å²) in [4.78, 5) is 43.4. The highest BCUT2D eigenvalue weighted by Crippen LogP contribution is 2.36. The highest BCUT2D eigenvalue weighted by molar-refractivity contribution is 14.1. The van der Waals surface area contributed by atoms with Crippen LogP contribution < -0.4 is 24.4 Å². The van der Waals surface area contributed by atoms with Gasteiger partial charge in [0.2, 0.25) is 0 Å². The Morgan fingerprint density at radius 2 is 1.91 bits per heavy atom. The zero-order valence-electron chi connectivity index (χ0n) is 24.6. The third-order valence-electron chi connectivity index (χ3n) is 7.11. The summed E-state index contributed by atoms with van der Waals surface area (Å²) in [7, 11) is 1.55. The Morgan fingerprint density at radius 3 is 2.58 bits per heavy atom. The number of esters is 1. The Hall–Kier alpha value is -3.82. The molecule has 4 aromatic rings. The van der Waals surface area contributed by atoms with Gasteiger partial charge in [-0.3, -0.25) is 19.5 Å². The molecule has 0 radical (unpaired) electrons. The number of nitro groups is 1. The first-order chi connectivity index (χ1) is 21.5. The first kappa shape index (κ1) is 32.6. The van der Waals surface area contributed by atoms with E-state index in [2.05, 4.69) is 43.5 Å². The number of benzene rings is 3. The van der Waals surface area contributed by atoms with Gasteiger partial charge in [0.05, 0.1) is 44.1 Å². The number of fused-ring (bicyclic) bond motifs is 1. The quantitative estimate of drug-likeness (QED) is 0.0885. The third kappa shape index (κ3) is 6.75. The average Bonchev–Trinajstić information content (AvgIpc) is 3.30. The Balaban J connectivity index is 1.60. The van der Waals surface area contributed by atoms with Crippen molar-refractivity contribution in [3.8, 4) is 11.5 Å². The predicted molar refractivity (Wildman–Crippen MR) is 182 cm³/mol. The minimum Gasteiger partial charge on any atom is -0.493 e. The van der Waals surface area contributed by atoms with Crippen molar-refractivity contribution < 1.29 is 23.9 Å².